The SMILES string of the molecule is CCOC(=O)C1CCN(C(=O)c2cccc(Oc3nc(Cc4ccc(F)cc4)ns3)c2)CC1. The first kappa shape index (κ1) is 22.8. The van der Waals surface area contributed by atoms with Gasteiger partial charge in [-0.1, -0.05) is 18.2 Å². The summed E-state index contributed by atoms with van der Waals surface area (Å²) in [6.07, 6.45) is 1.67. The topological polar surface area (TPSA) is 81.6 Å². The molecule has 1 aromatic heterocycles. The van der Waals surface area contributed by atoms with Gasteiger partial charge in [-0.15, -0.1) is 0 Å². The third kappa shape index (κ3) is 5.92. The Bertz CT molecular complexity index is 1110. The van der Waals surface area contributed by atoms with E-state index in [1.807, 2.05) is 0 Å². The number of rotatable bonds is 7. The number of benzene rings is 2. The highest BCUT2D eigenvalue weighted by atomic mass is 32.1. The number of hydrogen-bond donors (Lipinski definition) is 0. The first-order chi connectivity index (χ1) is 16.0. The molecule has 0 N–H and O–H groups in total. The minimum Gasteiger partial charge on any atom is -0.466 e. The fraction of sp³-hybridized carbons (Fsp3) is 0.333. The lowest BCUT2D eigenvalue weighted by Gasteiger charge is -2.31. The fourth-order valence-corrected chi connectivity index (χ4v) is 4.26. The third-order valence-electron chi connectivity index (χ3n) is 5.41. The highest BCUT2D eigenvalue weighted by molar-refractivity contribution is 7.07. The van der Waals surface area contributed by atoms with E-state index < -0.39 is 0 Å². The molecule has 7 nitrogen and oxygen atoms in total. The second-order valence-corrected chi connectivity index (χ2v) is 8.44. The lowest BCUT2D eigenvalue weighted by atomic mass is 9.96. The molecule has 9 heteroatoms. The Kier molecular flexibility index (Phi) is 7.29. The maximum absolute atomic E-state index is 13.1. The summed E-state index contributed by atoms with van der Waals surface area (Å²) in [4.78, 5) is 31.0. The van der Waals surface area contributed by atoms with Crippen LogP contribution in [-0.4, -0.2) is 45.8 Å². The molecule has 172 valence electrons. The predicted molar refractivity (Wildman–Crippen MR) is 121 cm³/mol. The van der Waals surface area contributed by atoms with E-state index in [1.165, 1.54) is 12.1 Å². The molecule has 0 atom stereocenters. The number of aromatic nitrogens is 2. The van der Waals surface area contributed by atoms with E-state index in [0.717, 1.165) is 17.1 Å². The van der Waals surface area contributed by atoms with Crippen molar-refractivity contribution in [2.75, 3.05) is 19.7 Å². The van der Waals surface area contributed by atoms with Gasteiger partial charge in [-0.25, -0.2) is 4.39 Å². The number of hydrogen-bond acceptors (Lipinski definition) is 7. The molecule has 1 saturated heterocycles. The number of ether oxygens (including phenoxy) is 2. The third-order valence-corrected chi connectivity index (χ3v) is 6.05. The Morgan fingerprint density at radius 1 is 1.15 bits per heavy atom. The number of carbonyl (C=O) groups is 2. The molecule has 1 aliphatic rings. The van der Waals surface area contributed by atoms with Crippen LogP contribution in [0.2, 0.25) is 0 Å². The van der Waals surface area contributed by atoms with E-state index in [4.69, 9.17) is 9.47 Å². The van der Waals surface area contributed by atoms with Crippen LogP contribution >= 0.6 is 11.5 Å². The highest BCUT2D eigenvalue weighted by Crippen LogP contribution is 2.26. The van der Waals surface area contributed by atoms with Crippen molar-refractivity contribution in [2.45, 2.75) is 26.2 Å². The minimum atomic E-state index is -0.285. The van der Waals surface area contributed by atoms with E-state index in [-0.39, 0.29) is 23.6 Å². The van der Waals surface area contributed by atoms with Crippen LogP contribution in [0.15, 0.2) is 48.5 Å². The number of esters is 1. The van der Waals surface area contributed by atoms with Crippen molar-refractivity contribution in [3.8, 4) is 10.9 Å². The van der Waals surface area contributed by atoms with Crippen molar-refractivity contribution in [3.63, 3.8) is 0 Å². The number of amides is 1. The maximum atomic E-state index is 13.1. The van der Waals surface area contributed by atoms with E-state index in [0.29, 0.717) is 61.3 Å². The van der Waals surface area contributed by atoms with Crippen LogP contribution in [0.25, 0.3) is 0 Å². The lowest BCUT2D eigenvalue weighted by Crippen LogP contribution is -2.40. The summed E-state index contributed by atoms with van der Waals surface area (Å²) in [7, 11) is 0. The standard InChI is InChI=1S/C24H24FN3O4S/c1-2-31-23(30)17-10-12-28(13-11-17)22(29)18-4-3-5-20(15-18)32-24-26-21(27-33-24)14-16-6-8-19(25)9-7-16/h3-9,15,17H,2,10-14H2,1H3. The van der Waals surface area contributed by atoms with E-state index >= 15 is 0 Å². The molecule has 1 fully saturated rings. The number of piperidine rings is 1. The zero-order chi connectivity index (χ0) is 23.2. The quantitative estimate of drug-likeness (QED) is 0.475. The molecule has 0 radical (unpaired) electrons. The number of likely N-dealkylation sites (tertiary alicyclic amines) is 1. The summed E-state index contributed by atoms with van der Waals surface area (Å²) < 4.78 is 28.3. The summed E-state index contributed by atoms with van der Waals surface area (Å²) in [5.74, 6) is 0.356. The normalized spacial score (nSPS) is 14.2. The monoisotopic (exact) mass is 469 g/mol. The van der Waals surface area contributed by atoms with Gasteiger partial charge >= 0.3 is 5.97 Å². The van der Waals surface area contributed by atoms with E-state index in [2.05, 4.69) is 9.36 Å². The van der Waals surface area contributed by atoms with Gasteiger partial charge in [0.15, 0.2) is 5.82 Å². The van der Waals surface area contributed by atoms with Crippen LogP contribution in [0.5, 0.6) is 10.9 Å². The summed E-state index contributed by atoms with van der Waals surface area (Å²) in [5.41, 5.74) is 1.42. The van der Waals surface area contributed by atoms with Gasteiger partial charge in [0.1, 0.15) is 11.6 Å². The molecular weight excluding hydrogens is 445 g/mol. The van der Waals surface area contributed by atoms with Gasteiger partial charge < -0.3 is 14.4 Å². The first-order valence-electron chi connectivity index (χ1n) is 10.8. The minimum absolute atomic E-state index is 0.1000. The molecule has 4 rings (SSSR count). The smallest absolute Gasteiger partial charge is 0.309 e. The fourth-order valence-electron chi connectivity index (χ4n) is 3.69. The molecule has 0 saturated carbocycles. The molecule has 1 aliphatic heterocycles. The molecular formula is C24H24FN3O4S. The Morgan fingerprint density at radius 2 is 1.91 bits per heavy atom. The Balaban J connectivity index is 1.35. The zero-order valence-electron chi connectivity index (χ0n) is 18.2. The first-order valence-corrected chi connectivity index (χ1v) is 11.6. The lowest BCUT2D eigenvalue weighted by molar-refractivity contribution is -0.149. The van der Waals surface area contributed by atoms with Crippen LogP contribution in [0, 0.1) is 11.7 Å². The number of nitrogens with zero attached hydrogens (tertiary/aromatic N) is 3. The zero-order valence-corrected chi connectivity index (χ0v) is 19.0. The molecule has 3 aromatic rings. The van der Waals surface area contributed by atoms with Gasteiger partial charge in [-0.05, 0) is 55.7 Å². The summed E-state index contributed by atoms with van der Waals surface area (Å²) in [6, 6.07) is 13.1. The maximum Gasteiger partial charge on any atom is 0.309 e. The largest absolute Gasteiger partial charge is 0.466 e. The van der Waals surface area contributed by atoms with Crippen LogP contribution in [0.1, 0.15) is 41.5 Å². The number of carbonyl (C=O) groups excluding carboxylic acids is 2. The van der Waals surface area contributed by atoms with Crippen LogP contribution < -0.4 is 4.74 Å². The van der Waals surface area contributed by atoms with Gasteiger partial charge in [0.05, 0.1) is 12.5 Å². The van der Waals surface area contributed by atoms with Crippen LogP contribution in [-0.2, 0) is 16.0 Å². The molecule has 2 heterocycles. The van der Waals surface area contributed by atoms with Crippen molar-refractivity contribution in [2.24, 2.45) is 5.92 Å². The summed E-state index contributed by atoms with van der Waals surface area (Å²) in [5, 5.41) is 0.368. The average molecular weight is 470 g/mol. The van der Waals surface area contributed by atoms with Crippen LogP contribution in [0.4, 0.5) is 4.39 Å². The van der Waals surface area contributed by atoms with Crippen molar-refractivity contribution >= 4 is 23.4 Å². The molecule has 0 aliphatic carbocycles. The number of halogens is 1. The second-order valence-electron chi connectivity index (χ2n) is 7.73. The molecule has 1 amide bonds. The van der Waals surface area contributed by atoms with Crippen molar-refractivity contribution in [3.05, 3.63) is 71.3 Å². The van der Waals surface area contributed by atoms with E-state index in [9.17, 15) is 14.0 Å². The predicted octanol–water partition coefficient (Wildman–Crippen LogP) is 4.48. The molecule has 0 bridgehead atoms. The van der Waals surface area contributed by atoms with Crippen molar-refractivity contribution < 1.29 is 23.5 Å². The summed E-state index contributed by atoms with van der Waals surface area (Å²) in [6.45, 7) is 3.18. The average Bonchev–Trinajstić information content (AvgIpc) is 3.27. The van der Waals surface area contributed by atoms with Gasteiger partial charge in [0.25, 0.3) is 11.1 Å². The van der Waals surface area contributed by atoms with Gasteiger partial charge in [0.2, 0.25) is 0 Å². The Labute approximate surface area is 195 Å². The van der Waals surface area contributed by atoms with Crippen molar-refractivity contribution in [1.29, 1.82) is 0 Å². The molecule has 2 aromatic carbocycles. The van der Waals surface area contributed by atoms with Crippen molar-refractivity contribution in [1.82, 2.24) is 14.3 Å². The Hall–Kier alpha value is -3.33. The molecule has 0 unspecified atom stereocenters. The molecule has 33 heavy (non-hydrogen) atoms. The van der Waals surface area contributed by atoms with Gasteiger partial charge in [-0.2, -0.15) is 9.36 Å². The van der Waals surface area contributed by atoms with Gasteiger partial charge in [-0.3, -0.25) is 9.59 Å². The van der Waals surface area contributed by atoms with Gasteiger partial charge in [0, 0.05) is 36.6 Å². The highest BCUT2D eigenvalue weighted by Gasteiger charge is 2.28. The van der Waals surface area contributed by atoms with Crippen LogP contribution in [0.3, 0.4) is 0 Å². The summed E-state index contributed by atoms with van der Waals surface area (Å²) >= 11 is 1.12. The second kappa shape index (κ2) is 10.5. The van der Waals surface area contributed by atoms with E-state index in [1.54, 1.807) is 48.2 Å². The Morgan fingerprint density at radius 3 is 2.64 bits per heavy atom. The molecule has 0 spiro atoms.